The number of methoxy groups -OCH3 is 1. The Labute approximate surface area is 206 Å². The molecule has 4 rings (SSSR count). The first-order valence-electron chi connectivity index (χ1n) is 10.8. The molecule has 3 N–H and O–H groups in total. The van der Waals surface area contributed by atoms with Gasteiger partial charge in [0.25, 0.3) is 0 Å². The van der Waals surface area contributed by atoms with Crippen LogP contribution in [0, 0.1) is 0 Å². The fourth-order valence-corrected chi connectivity index (χ4v) is 4.39. The van der Waals surface area contributed by atoms with Crippen LogP contribution in [0.1, 0.15) is 27.4 Å². The smallest absolute Gasteiger partial charge is 0.407 e. The molecule has 1 aliphatic carbocycles. The molecular weight excluding hydrogens is 472 g/mol. The molecule has 0 saturated heterocycles. The van der Waals surface area contributed by atoms with E-state index >= 15 is 0 Å². The van der Waals surface area contributed by atoms with Gasteiger partial charge in [0.05, 0.1) is 17.2 Å². The Bertz CT molecular complexity index is 1230. The Balaban J connectivity index is 1.40. The molecular formula is C26H23ClN2O6. The lowest BCUT2D eigenvalue weighted by atomic mass is 9.98. The molecule has 0 heterocycles. The summed E-state index contributed by atoms with van der Waals surface area (Å²) in [5, 5.41) is 14.2. The molecule has 0 fully saturated rings. The fourth-order valence-electron chi connectivity index (χ4n) is 4.13. The predicted octanol–water partition coefficient (Wildman–Crippen LogP) is 4.53. The molecule has 1 atom stereocenters. The molecule has 9 heteroatoms. The molecule has 0 spiro atoms. The van der Waals surface area contributed by atoms with Gasteiger partial charge in [-0.2, -0.15) is 0 Å². The Kier molecular flexibility index (Phi) is 7.33. The summed E-state index contributed by atoms with van der Waals surface area (Å²) in [5.74, 6) is -1.86. The largest absolute Gasteiger partial charge is 0.478 e. The number of carboxylic acids is 1. The van der Waals surface area contributed by atoms with Crippen LogP contribution in [0.15, 0.2) is 66.7 Å². The summed E-state index contributed by atoms with van der Waals surface area (Å²) >= 11 is 5.96. The normalized spacial score (nSPS) is 12.9. The van der Waals surface area contributed by atoms with Crippen LogP contribution in [0.4, 0.5) is 10.5 Å². The number of benzene rings is 3. The monoisotopic (exact) mass is 494 g/mol. The minimum atomic E-state index is -1.18. The third kappa shape index (κ3) is 5.29. The predicted molar refractivity (Wildman–Crippen MR) is 131 cm³/mol. The van der Waals surface area contributed by atoms with Crippen LogP contribution in [0.25, 0.3) is 11.1 Å². The lowest BCUT2D eigenvalue weighted by Gasteiger charge is -2.19. The van der Waals surface area contributed by atoms with Crippen molar-refractivity contribution in [1.29, 1.82) is 0 Å². The number of ether oxygens (including phenoxy) is 2. The number of nitrogens with one attached hydrogen (secondary N) is 2. The summed E-state index contributed by atoms with van der Waals surface area (Å²) in [6.45, 7) is 0.00437. The number of fused-ring (bicyclic) bond motifs is 3. The van der Waals surface area contributed by atoms with Gasteiger partial charge in [0.1, 0.15) is 12.6 Å². The number of hydrogen-bond donors (Lipinski definition) is 3. The number of hydrogen-bond acceptors (Lipinski definition) is 5. The van der Waals surface area contributed by atoms with Crippen molar-refractivity contribution in [3.05, 3.63) is 88.4 Å². The number of alkyl carbamates (subject to hydrolysis) is 1. The Hall–Kier alpha value is -3.88. The maximum Gasteiger partial charge on any atom is 0.407 e. The van der Waals surface area contributed by atoms with Gasteiger partial charge < -0.3 is 25.2 Å². The minimum absolute atomic E-state index is 0.0249. The van der Waals surface area contributed by atoms with Crippen LogP contribution in [-0.2, 0) is 14.3 Å². The van der Waals surface area contributed by atoms with Gasteiger partial charge in [-0.05, 0) is 40.5 Å². The molecule has 2 amide bonds. The quantitative estimate of drug-likeness (QED) is 0.424. The molecule has 1 unspecified atom stereocenters. The molecule has 3 aromatic carbocycles. The zero-order valence-corrected chi connectivity index (χ0v) is 19.5. The van der Waals surface area contributed by atoms with Crippen LogP contribution in [0.2, 0.25) is 5.02 Å². The van der Waals surface area contributed by atoms with Gasteiger partial charge in [0, 0.05) is 18.7 Å². The average molecular weight is 495 g/mol. The summed E-state index contributed by atoms with van der Waals surface area (Å²) in [5.41, 5.74) is 4.57. The Morgan fingerprint density at radius 3 is 2.20 bits per heavy atom. The number of aromatic carboxylic acids is 1. The molecule has 35 heavy (non-hydrogen) atoms. The van der Waals surface area contributed by atoms with E-state index in [0.717, 1.165) is 22.3 Å². The molecule has 1 aliphatic rings. The SMILES string of the molecule is COCC(NC(=O)OCC1c2ccccc2-c2ccccc21)C(=O)Nc1ccc(C(=O)O)c(Cl)c1. The van der Waals surface area contributed by atoms with Crippen molar-refractivity contribution >= 4 is 35.3 Å². The second-order valence-electron chi connectivity index (χ2n) is 7.97. The molecule has 8 nitrogen and oxygen atoms in total. The second kappa shape index (κ2) is 10.6. The summed E-state index contributed by atoms with van der Waals surface area (Å²) in [4.78, 5) is 36.4. The van der Waals surface area contributed by atoms with E-state index in [4.69, 9.17) is 26.2 Å². The van der Waals surface area contributed by atoms with Gasteiger partial charge in [-0.15, -0.1) is 0 Å². The van der Waals surface area contributed by atoms with E-state index in [2.05, 4.69) is 10.6 Å². The second-order valence-corrected chi connectivity index (χ2v) is 8.37. The highest BCUT2D eigenvalue weighted by Crippen LogP contribution is 2.44. The van der Waals surface area contributed by atoms with Crippen molar-refractivity contribution < 1.29 is 29.0 Å². The maximum absolute atomic E-state index is 12.7. The van der Waals surface area contributed by atoms with Gasteiger partial charge in [-0.25, -0.2) is 9.59 Å². The van der Waals surface area contributed by atoms with Crippen LogP contribution >= 0.6 is 11.6 Å². The average Bonchev–Trinajstić information content (AvgIpc) is 3.16. The zero-order valence-electron chi connectivity index (χ0n) is 18.8. The van der Waals surface area contributed by atoms with Crippen molar-refractivity contribution in [3.63, 3.8) is 0 Å². The standard InChI is InChI=1S/C26H23ClN2O6/c1-34-14-23(24(30)28-15-10-11-20(25(31)32)22(27)12-15)29-26(33)35-13-21-18-8-4-2-6-16(18)17-7-3-5-9-19(17)21/h2-12,21,23H,13-14H2,1H3,(H,28,30)(H,29,33)(H,31,32). The van der Waals surface area contributed by atoms with E-state index in [9.17, 15) is 14.4 Å². The first-order valence-corrected chi connectivity index (χ1v) is 11.2. The first-order chi connectivity index (χ1) is 16.9. The lowest BCUT2D eigenvalue weighted by molar-refractivity contribution is -0.119. The highest BCUT2D eigenvalue weighted by Gasteiger charge is 2.30. The van der Waals surface area contributed by atoms with Gasteiger partial charge >= 0.3 is 12.1 Å². The number of amides is 2. The highest BCUT2D eigenvalue weighted by molar-refractivity contribution is 6.33. The number of halogens is 1. The zero-order chi connectivity index (χ0) is 24.9. The van der Waals surface area contributed by atoms with Crippen LogP contribution in [-0.4, -0.2) is 49.4 Å². The number of carboxylic acid groups (broad SMARTS) is 1. The van der Waals surface area contributed by atoms with Crippen molar-refractivity contribution in [2.24, 2.45) is 0 Å². The lowest BCUT2D eigenvalue weighted by Crippen LogP contribution is -2.47. The van der Waals surface area contributed by atoms with Gasteiger partial charge in [0.2, 0.25) is 5.91 Å². The van der Waals surface area contributed by atoms with E-state index in [-0.39, 0.29) is 35.4 Å². The van der Waals surface area contributed by atoms with Gasteiger partial charge in [-0.3, -0.25) is 4.79 Å². The van der Waals surface area contributed by atoms with Crippen molar-refractivity contribution in [2.75, 3.05) is 25.6 Å². The van der Waals surface area contributed by atoms with Crippen LogP contribution in [0.3, 0.4) is 0 Å². The summed E-state index contributed by atoms with van der Waals surface area (Å²) < 4.78 is 10.6. The Morgan fingerprint density at radius 1 is 1.00 bits per heavy atom. The van der Waals surface area contributed by atoms with Gasteiger partial charge in [0.15, 0.2) is 0 Å². The van der Waals surface area contributed by atoms with E-state index in [0.29, 0.717) is 0 Å². The van der Waals surface area contributed by atoms with E-state index in [1.165, 1.54) is 25.3 Å². The minimum Gasteiger partial charge on any atom is -0.478 e. The van der Waals surface area contributed by atoms with Crippen molar-refractivity contribution in [2.45, 2.75) is 12.0 Å². The third-order valence-electron chi connectivity index (χ3n) is 5.75. The Morgan fingerprint density at radius 2 is 1.63 bits per heavy atom. The maximum atomic E-state index is 12.7. The van der Waals surface area contributed by atoms with E-state index in [1.807, 2.05) is 48.5 Å². The molecule has 0 saturated carbocycles. The molecule has 0 bridgehead atoms. The van der Waals surface area contributed by atoms with Crippen molar-refractivity contribution in [1.82, 2.24) is 5.32 Å². The van der Waals surface area contributed by atoms with Crippen molar-refractivity contribution in [3.8, 4) is 11.1 Å². The number of carbonyl (C=O) groups excluding carboxylic acids is 2. The van der Waals surface area contributed by atoms with E-state index in [1.54, 1.807) is 0 Å². The highest BCUT2D eigenvalue weighted by atomic mass is 35.5. The third-order valence-corrected chi connectivity index (χ3v) is 6.07. The molecule has 0 aliphatic heterocycles. The molecule has 0 radical (unpaired) electrons. The number of rotatable bonds is 8. The topological polar surface area (TPSA) is 114 Å². The summed E-state index contributed by atoms with van der Waals surface area (Å²) in [6, 6.07) is 18.9. The first kappa shape index (κ1) is 24.3. The molecule has 3 aromatic rings. The van der Waals surface area contributed by atoms with Crippen LogP contribution in [0.5, 0.6) is 0 Å². The van der Waals surface area contributed by atoms with E-state index < -0.39 is 24.0 Å². The summed E-state index contributed by atoms with van der Waals surface area (Å²) in [6.07, 6.45) is -0.761. The molecule has 180 valence electrons. The summed E-state index contributed by atoms with van der Waals surface area (Å²) in [7, 11) is 1.40. The van der Waals surface area contributed by atoms with Gasteiger partial charge in [-0.1, -0.05) is 60.1 Å². The number of carbonyl (C=O) groups is 3. The number of anilines is 1. The van der Waals surface area contributed by atoms with Crippen LogP contribution < -0.4 is 10.6 Å². The molecule has 0 aromatic heterocycles. The fraction of sp³-hybridized carbons (Fsp3) is 0.192.